The van der Waals surface area contributed by atoms with E-state index in [-0.39, 0.29) is 26.1 Å². The number of carbonyl (C=O) groups excluding carboxylic acids is 2. The Labute approximate surface area is 488 Å². The lowest BCUT2D eigenvalue weighted by molar-refractivity contribution is -0.870. The number of allylic oxidation sites excluding steroid dienone is 32. The Morgan fingerprint density at radius 3 is 1.01 bits per heavy atom. The Morgan fingerprint density at radius 2 is 0.675 bits per heavy atom. The minimum absolute atomic E-state index is 0.0558. The summed E-state index contributed by atoms with van der Waals surface area (Å²) in [6.45, 7) is 3.88. The summed E-state index contributed by atoms with van der Waals surface area (Å²) in [6.07, 6.45) is 92.0. The average molecular weight is 1120 g/mol. The summed E-state index contributed by atoms with van der Waals surface area (Å²) >= 11 is 0. The van der Waals surface area contributed by atoms with Crippen LogP contribution in [0.4, 0.5) is 0 Å². The van der Waals surface area contributed by atoms with E-state index in [1.54, 1.807) is 0 Å². The topological polar surface area (TPSA) is 111 Å². The van der Waals surface area contributed by atoms with Gasteiger partial charge in [-0.15, -0.1) is 0 Å². The van der Waals surface area contributed by atoms with Crippen LogP contribution in [0.15, 0.2) is 194 Å². The second kappa shape index (κ2) is 58.5. The van der Waals surface area contributed by atoms with Crippen LogP contribution < -0.4 is 4.89 Å². The highest BCUT2D eigenvalue weighted by atomic mass is 31.2. The first kappa shape index (κ1) is 74.8. The molecule has 0 rings (SSSR count). The number of ether oxygens (including phenoxy) is 2. The number of unbranched alkanes of at least 4 members (excludes halogenated alkanes) is 6. The molecule has 0 saturated carbocycles. The molecular weight excluding hydrogens is 1010 g/mol. The number of quaternary nitrogens is 1. The molecule has 0 spiro atoms. The molecule has 0 aromatic carbocycles. The lowest BCUT2D eigenvalue weighted by Crippen LogP contribution is -2.37. The largest absolute Gasteiger partial charge is 0.756 e. The zero-order valence-electron chi connectivity index (χ0n) is 50.4. The molecule has 0 aliphatic heterocycles. The summed E-state index contributed by atoms with van der Waals surface area (Å²) in [4.78, 5) is 37.9. The number of esters is 2. The third-order valence-corrected chi connectivity index (χ3v) is 12.6. The van der Waals surface area contributed by atoms with Gasteiger partial charge >= 0.3 is 11.9 Å². The minimum atomic E-state index is -4.67. The van der Waals surface area contributed by atoms with Gasteiger partial charge in [-0.05, 0) is 141 Å². The van der Waals surface area contributed by atoms with Crippen molar-refractivity contribution in [2.45, 2.75) is 187 Å². The van der Waals surface area contributed by atoms with Crippen molar-refractivity contribution in [3.05, 3.63) is 194 Å². The molecule has 10 heteroatoms. The van der Waals surface area contributed by atoms with E-state index in [1.807, 2.05) is 21.1 Å². The van der Waals surface area contributed by atoms with E-state index in [0.29, 0.717) is 23.9 Å². The van der Waals surface area contributed by atoms with Gasteiger partial charge in [-0.25, -0.2) is 0 Å². The lowest BCUT2D eigenvalue weighted by Gasteiger charge is -2.28. The van der Waals surface area contributed by atoms with Crippen LogP contribution in [0.25, 0.3) is 0 Å². The van der Waals surface area contributed by atoms with Gasteiger partial charge in [0, 0.05) is 12.8 Å². The van der Waals surface area contributed by atoms with E-state index in [0.717, 1.165) is 141 Å². The molecule has 0 aliphatic rings. The highest BCUT2D eigenvalue weighted by Gasteiger charge is 2.21. The SMILES string of the molecule is CC/C=C\C/C=C\C/C=C\C/C=C\C/C=C\C/C=C\C/C=C\C/C=C\C/C=C\C/C=C\CCCCCCC(=O)OC(COC(=O)CCCC/C=C\C/C=C\C/C=C\C/C=C\C/C=C\C/C=C\CC)COP(=O)([O-])OCC[N+](C)(C)C. The molecule has 2 atom stereocenters. The number of nitrogens with zero attached hydrogens (tertiary/aromatic N) is 1. The maximum Gasteiger partial charge on any atom is 0.306 e. The van der Waals surface area contributed by atoms with E-state index in [2.05, 4.69) is 208 Å². The summed E-state index contributed by atoms with van der Waals surface area (Å²) in [5.74, 6) is -0.934. The number of hydrogen-bond acceptors (Lipinski definition) is 8. The van der Waals surface area contributed by atoms with Gasteiger partial charge in [-0.2, -0.15) is 0 Å². The number of likely N-dealkylation sites (N-methyl/N-ethyl adjacent to an activating group) is 1. The predicted octanol–water partition coefficient (Wildman–Crippen LogP) is 18.7. The number of phosphoric ester groups is 1. The Kier molecular flexibility index (Phi) is 54.7. The van der Waals surface area contributed by atoms with Gasteiger partial charge in [0.15, 0.2) is 6.10 Å². The van der Waals surface area contributed by atoms with Crippen LogP contribution >= 0.6 is 7.82 Å². The summed E-state index contributed by atoms with van der Waals surface area (Å²) in [7, 11) is 1.09. The normalized spacial score (nSPS) is 14.6. The van der Waals surface area contributed by atoms with Crippen molar-refractivity contribution in [2.75, 3.05) is 47.5 Å². The van der Waals surface area contributed by atoms with E-state index < -0.39 is 32.5 Å². The van der Waals surface area contributed by atoms with E-state index >= 15 is 0 Å². The molecule has 0 radical (unpaired) electrons. The molecule has 9 nitrogen and oxygen atoms in total. The van der Waals surface area contributed by atoms with Gasteiger partial charge in [-0.3, -0.25) is 14.2 Å². The van der Waals surface area contributed by atoms with Crippen LogP contribution in [0.1, 0.15) is 181 Å². The lowest BCUT2D eigenvalue weighted by atomic mass is 10.1. The van der Waals surface area contributed by atoms with Gasteiger partial charge in [-0.1, -0.05) is 221 Å². The summed E-state index contributed by atoms with van der Waals surface area (Å²) in [6, 6.07) is 0. The molecule has 0 amide bonds. The Hall–Kier alpha value is -5.15. The molecular formula is C70H108NO8P. The van der Waals surface area contributed by atoms with E-state index in [4.69, 9.17) is 18.5 Å². The third kappa shape index (κ3) is 62.1. The molecule has 0 N–H and O–H groups in total. The highest BCUT2D eigenvalue weighted by molar-refractivity contribution is 7.45. The monoisotopic (exact) mass is 1120 g/mol. The van der Waals surface area contributed by atoms with Gasteiger partial charge in [0.05, 0.1) is 27.7 Å². The van der Waals surface area contributed by atoms with Crippen molar-refractivity contribution < 1.29 is 42.1 Å². The Balaban J connectivity index is 4.34. The fraction of sp³-hybridized carbons (Fsp3) is 0.514. The minimum Gasteiger partial charge on any atom is -0.756 e. The van der Waals surface area contributed by atoms with Crippen molar-refractivity contribution >= 4 is 19.8 Å². The molecule has 446 valence electrons. The van der Waals surface area contributed by atoms with Crippen LogP contribution in [0.5, 0.6) is 0 Å². The van der Waals surface area contributed by atoms with Crippen molar-refractivity contribution in [2.24, 2.45) is 0 Å². The number of hydrogen-bond donors (Lipinski definition) is 0. The zero-order valence-corrected chi connectivity index (χ0v) is 51.3. The first-order chi connectivity index (χ1) is 39.0. The highest BCUT2D eigenvalue weighted by Crippen LogP contribution is 2.38. The van der Waals surface area contributed by atoms with Crippen molar-refractivity contribution in [3.63, 3.8) is 0 Å². The number of carbonyl (C=O) groups is 2. The van der Waals surface area contributed by atoms with Crippen LogP contribution in [0, 0.1) is 0 Å². The van der Waals surface area contributed by atoms with Gasteiger partial charge in [0.25, 0.3) is 7.82 Å². The molecule has 0 bridgehead atoms. The number of rotatable bonds is 52. The second-order valence-corrected chi connectivity index (χ2v) is 21.7. The fourth-order valence-corrected chi connectivity index (χ4v) is 7.77. The second-order valence-electron chi connectivity index (χ2n) is 20.2. The van der Waals surface area contributed by atoms with Crippen LogP contribution in [-0.4, -0.2) is 70.0 Å². The maximum atomic E-state index is 12.8. The van der Waals surface area contributed by atoms with Crippen molar-refractivity contribution in [3.8, 4) is 0 Å². The Bertz CT molecular complexity index is 2050. The average Bonchev–Trinajstić information content (AvgIpc) is 3.42. The predicted molar refractivity (Wildman–Crippen MR) is 341 cm³/mol. The quantitative estimate of drug-likeness (QED) is 0.0195. The maximum absolute atomic E-state index is 12.8. The van der Waals surface area contributed by atoms with Crippen molar-refractivity contribution in [1.82, 2.24) is 0 Å². The Morgan fingerprint density at radius 1 is 0.388 bits per heavy atom. The fourth-order valence-electron chi connectivity index (χ4n) is 7.04. The molecule has 0 heterocycles. The van der Waals surface area contributed by atoms with Crippen LogP contribution in [0.2, 0.25) is 0 Å². The first-order valence-corrected chi connectivity index (χ1v) is 31.6. The van der Waals surface area contributed by atoms with Gasteiger partial charge in [0.1, 0.15) is 19.8 Å². The van der Waals surface area contributed by atoms with Gasteiger partial charge < -0.3 is 27.9 Å². The van der Waals surface area contributed by atoms with Crippen molar-refractivity contribution in [1.29, 1.82) is 0 Å². The van der Waals surface area contributed by atoms with Gasteiger partial charge in [0.2, 0.25) is 0 Å². The van der Waals surface area contributed by atoms with E-state index in [9.17, 15) is 19.0 Å². The smallest absolute Gasteiger partial charge is 0.306 e. The molecule has 0 aliphatic carbocycles. The third-order valence-electron chi connectivity index (χ3n) is 11.6. The summed E-state index contributed by atoms with van der Waals surface area (Å²) in [5.41, 5.74) is 0. The molecule has 2 unspecified atom stereocenters. The first-order valence-electron chi connectivity index (χ1n) is 30.1. The molecule has 0 fully saturated rings. The van der Waals surface area contributed by atoms with Crippen LogP contribution in [-0.2, 0) is 32.7 Å². The summed E-state index contributed by atoms with van der Waals surface area (Å²) < 4.78 is 34.1. The van der Waals surface area contributed by atoms with E-state index in [1.165, 1.54) is 0 Å². The molecule has 0 aromatic heterocycles. The molecule has 0 saturated heterocycles. The number of phosphoric acid groups is 1. The standard InChI is InChI=1S/C70H108NO8P/c1-6-8-10-12-14-16-18-20-22-24-26-28-29-30-31-32-33-34-35-36-37-38-39-40-41-43-45-47-49-51-53-55-57-59-61-63-70(73)79-68(67-78-80(74,75)77-65-64-71(3,4)5)66-76-69(72)62-60-58-56-54-52-50-48-46-44-42-27-25-23-21-19-17-15-13-11-9-7-2/h8-11,14-17,20-23,26-28,30-31,33-34,36-37,39-40,42-43,45-46,48-49,51-52,54,68H,6-7,12-13,18-19,24-25,29,32,35,38,41,44,47,50,53,55-67H2,1-5H3/b10-8-,11-9-,16-14-,17-15-,22-20-,23-21-,28-26-,31-30-,34-33-,37-36-,40-39-,42-27-,45-43-,48-46-,51-49-,54-52-. The zero-order chi connectivity index (χ0) is 58.4. The molecule has 0 aromatic rings. The summed E-state index contributed by atoms with van der Waals surface area (Å²) in [5, 5.41) is 0. The molecule has 80 heavy (non-hydrogen) atoms. The van der Waals surface area contributed by atoms with Crippen LogP contribution in [0.3, 0.4) is 0 Å².